The first-order chi connectivity index (χ1) is 7.75. The molecule has 0 saturated heterocycles. The molecule has 0 aliphatic rings. The molecule has 0 fully saturated rings. The highest BCUT2D eigenvalue weighted by molar-refractivity contribution is 5.93. The molecule has 16 heavy (non-hydrogen) atoms. The molecule has 0 atom stereocenters. The molecule has 2 aromatic rings. The number of aromatic nitrogens is 1. The Morgan fingerprint density at radius 1 is 1.12 bits per heavy atom. The fraction of sp³-hybridized carbons (Fsp3) is 0.143. The minimum absolute atomic E-state index is 0.0995. The van der Waals surface area contributed by atoms with E-state index in [9.17, 15) is 4.79 Å². The summed E-state index contributed by atoms with van der Waals surface area (Å²) >= 11 is 0. The van der Waals surface area contributed by atoms with Crippen LogP contribution in [0.5, 0.6) is 0 Å². The Labute approximate surface area is 95.2 Å². The molecular formula is C14H14NO+. The molecule has 0 spiro atoms. The van der Waals surface area contributed by atoms with E-state index in [1.807, 2.05) is 47.3 Å². The van der Waals surface area contributed by atoms with Gasteiger partial charge in [-0.25, -0.2) is 4.57 Å². The van der Waals surface area contributed by atoms with E-state index >= 15 is 0 Å². The fourth-order valence-electron chi connectivity index (χ4n) is 1.62. The second kappa shape index (κ2) is 4.71. The predicted octanol–water partition coefficient (Wildman–Crippen LogP) is 2.23. The number of pyridine rings is 1. The molecule has 1 aromatic carbocycles. The van der Waals surface area contributed by atoms with Crippen LogP contribution in [0.1, 0.15) is 22.8 Å². The lowest BCUT2D eigenvalue weighted by molar-refractivity contribution is -0.688. The van der Waals surface area contributed by atoms with Crippen molar-refractivity contribution in [1.29, 1.82) is 0 Å². The maximum absolute atomic E-state index is 11.2. The zero-order valence-corrected chi connectivity index (χ0v) is 9.26. The maximum atomic E-state index is 11.2. The normalized spacial score (nSPS) is 10.1. The van der Waals surface area contributed by atoms with Crippen molar-refractivity contribution in [3.63, 3.8) is 0 Å². The Kier molecular flexibility index (Phi) is 3.10. The summed E-state index contributed by atoms with van der Waals surface area (Å²) in [5, 5.41) is 0. The van der Waals surface area contributed by atoms with Crippen LogP contribution in [-0.2, 0) is 6.54 Å². The lowest BCUT2D eigenvalue weighted by Crippen LogP contribution is -2.34. The Morgan fingerprint density at radius 2 is 1.88 bits per heavy atom. The van der Waals surface area contributed by atoms with Gasteiger partial charge in [-0.2, -0.15) is 0 Å². The van der Waals surface area contributed by atoms with E-state index in [4.69, 9.17) is 0 Å². The Morgan fingerprint density at radius 3 is 2.56 bits per heavy atom. The summed E-state index contributed by atoms with van der Waals surface area (Å²) in [5.74, 6) is 0.0995. The van der Waals surface area contributed by atoms with E-state index in [1.165, 1.54) is 5.56 Å². The van der Waals surface area contributed by atoms with Gasteiger partial charge in [0.15, 0.2) is 24.7 Å². The third-order valence-electron chi connectivity index (χ3n) is 2.47. The average molecular weight is 212 g/mol. The van der Waals surface area contributed by atoms with Crippen LogP contribution in [-0.4, -0.2) is 5.78 Å². The molecule has 0 unspecified atom stereocenters. The van der Waals surface area contributed by atoms with Gasteiger partial charge in [0.2, 0.25) is 0 Å². The Hall–Kier alpha value is -1.96. The minimum atomic E-state index is 0.0995. The van der Waals surface area contributed by atoms with Crippen molar-refractivity contribution < 1.29 is 9.36 Å². The summed E-state index contributed by atoms with van der Waals surface area (Å²) < 4.78 is 2.02. The zero-order chi connectivity index (χ0) is 11.4. The summed E-state index contributed by atoms with van der Waals surface area (Å²) in [6.45, 7) is 2.38. The van der Waals surface area contributed by atoms with E-state index in [0.717, 1.165) is 12.1 Å². The van der Waals surface area contributed by atoms with E-state index in [-0.39, 0.29) is 5.78 Å². The molecule has 80 valence electrons. The standard InChI is InChI=1S/C14H14NO/c1-12(16)14-8-5-9-15(11-14)10-13-6-3-2-4-7-13/h2-9,11H,10H2,1H3/q+1. The van der Waals surface area contributed by atoms with Gasteiger partial charge in [0.05, 0.1) is 5.56 Å². The van der Waals surface area contributed by atoms with Crippen molar-refractivity contribution in [3.05, 3.63) is 66.0 Å². The smallest absolute Gasteiger partial charge is 0.179 e. The van der Waals surface area contributed by atoms with Crippen molar-refractivity contribution in [3.8, 4) is 0 Å². The highest BCUT2D eigenvalue weighted by Crippen LogP contribution is 1.99. The van der Waals surface area contributed by atoms with Crippen LogP contribution in [0.3, 0.4) is 0 Å². The monoisotopic (exact) mass is 212 g/mol. The van der Waals surface area contributed by atoms with E-state index in [1.54, 1.807) is 6.92 Å². The van der Waals surface area contributed by atoms with Crippen LogP contribution in [0.4, 0.5) is 0 Å². The number of benzene rings is 1. The number of carbonyl (C=O) groups excluding carboxylic acids is 1. The van der Waals surface area contributed by atoms with Crippen molar-refractivity contribution in [2.75, 3.05) is 0 Å². The first kappa shape index (κ1) is 10.6. The molecule has 2 rings (SSSR count). The second-order valence-corrected chi connectivity index (χ2v) is 3.81. The maximum Gasteiger partial charge on any atom is 0.179 e. The van der Waals surface area contributed by atoms with Crippen LogP contribution in [0, 0.1) is 0 Å². The van der Waals surface area contributed by atoms with Crippen LogP contribution < -0.4 is 4.57 Å². The summed E-state index contributed by atoms with van der Waals surface area (Å²) in [5.41, 5.74) is 1.98. The largest absolute Gasteiger partial charge is 0.294 e. The van der Waals surface area contributed by atoms with Gasteiger partial charge in [0, 0.05) is 11.6 Å². The summed E-state index contributed by atoms with van der Waals surface area (Å²) in [4.78, 5) is 11.2. The summed E-state index contributed by atoms with van der Waals surface area (Å²) in [6, 6.07) is 13.9. The van der Waals surface area contributed by atoms with Gasteiger partial charge in [-0.15, -0.1) is 0 Å². The van der Waals surface area contributed by atoms with Gasteiger partial charge in [0.1, 0.15) is 0 Å². The van der Waals surface area contributed by atoms with Crippen LogP contribution >= 0.6 is 0 Å². The lowest BCUT2D eigenvalue weighted by Gasteiger charge is -1.98. The first-order valence-electron chi connectivity index (χ1n) is 5.30. The molecule has 0 bridgehead atoms. The number of hydrogen-bond donors (Lipinski definition) is 0. The third kappa shape index (κ3) is 2.54. The van der Waals surface area contributed by atoms with Gasteiger partial charge >= 0.3 is 0 Å². The van der Waals surface area contributed by atoms with Gasteiger partial charge in [-0.05, 0) is 13.0 Å². The highest BCUT2D eigenvalue weighted by atomic mass is 16.1. The fourth-order valence-corrected chi connectivity index (χ4v) is 1.62. The van der Waals surface area contributed by atoms with Crippen molar-refractivity contribution in [1.82, 2.24) is 0 Å². The molecule has 0 N–H and O–H groups in total. The second-order valence-electron chi connectivity index (χ2n) is 3.81. The molecule has 1 heterocycles. The van der Waals surface area contributed by atoms with Crippen LogP contribution in [0.25, 0.3) is 0 Å². The summed E-state index contributed by atoms with van der Waals surface area (Å²) in [6.07, 6.45) is 3.86. The highest BCUT2D eigenvalue weighted by Gasteiger charge is 2.06. The molecule has 0 aliphatic heterocycles. The molecule has 0 aliphatic carbocycles. The Bertz CT molecular complexity index is 491. The molecule has 2 heteroatoms. The minimum Gasteiger partial charge on any atom is -0.294 e. The van der Waals surface area contributed by atoms with Gasteiger partial charge < -0.3 is 0 Å². The van der Waals surface area contributed by atoms with Gasteiger partial charge in [-0.1, -0.05) is 30.3 Å². The number of ketones is 1. The summed E-state index contributed by atoms with van der Waals surface area (Å²) in [7, 11) is 0. The van der Waals surface area contributed by atoms with Crippen LogP contribution in [0.2, 0.25) is 0 Å². The number of hydrogen-bond acceptors (Lipinski definition) is 1. The molecule has 0 saturated carbocycles. The SMILES string of the molecule is CC(=O)c1ccc[n+](Cc2ccccc2)c1. The average Bonchev–Trinajstić information content (AvgIpc) is 2.30. The van der Waals surface area contributed by atoms with Crippen molar-refractivity contribution >= 4 is 5.78 Å². The van der Waals surface area contributed by atoms with Crippen LogP contribution in [0.15, 0.2) is 54.9 Å². The third-order valence-corrected chi connectivity index (χ3v) is 2.47. The number of Topliss-reactive ketones (excluding diaryl/α,β-unsaturated/α-hetero) is 1. The van der Waals surface area contributed by atoms with E-state index in [2.05, 4.69) is 12.1 Å². The van der Waals surface area contributed by atoms with Crippen molar-refractivity contribution in [2.24, 2.45) is 0 Å². The molecule has 0 amide bonds. The van der Waals surface area contributed by atoms with Gasteiger partial charge in [-0.3, -0.25) is 4.79 Å². The Balaban J connectivity index is 2.22. The first-order valence-corrected chi connectivity index (χ1v) is 5.30. The number of carbonyl (C=O) groups is 1. The quantitative estimate of drug-likeness (QED) is 0.564. The molecule has 1 aromatic heterocycles. The lowest BCUT2D eigenvalue weighted by atomic mass is 10.2. The number of rotatable bonds is 3. The van der Waals surface area contributed by atoms with E-state index in [0.29, 0.717) is 0 Å². The molecular weight excluding hydrogens is 198 g/mol. The molecule has 0 radical (unpaired) electrons. The zero-order valence-electron chi connectivity index (χ0n) is 9.26. The van der Waals surface area contributed by atoms with E-state index < -0.39 is 0 Å². The van der Waals surface area contributed by atoms with Crippen molar-refractivity contribution in [2.45, 2.75) is 13.5 Å². The predicted molar refractivity (Wildman–Crippen MR) is 62.2 cm³/mol. The number of nitrogens with zero attached hydrogens (tertiary/aromatic N) is 1. The molecule has 2 nitrogen and oxygen atoms in total. The van der Waals surface area contributed by atoms with Gasteiger partial charge in [0.25, 0.3) is 0 Å². The topological polar surface area (TPSA) is 20.9 Å².